The number of esters is 1. The number of carbonyl (C=O) groups excluding carboxylic acids is 1. The average molecular weight is 260 g/mol. The van der Waals surface area contributed by atoms with Gasteiger partial charge in [0, 0.05) is 24.5 Å². The monoisotopic (exact) mass is 260 g/mol. The maximum absolute atomic E-state index is 11.0. The van der Waals surface area contributed by atoms with Crippen molar-refractivity contribution in [1.29, 1.82) is 0 Å². The van der Waals surface area contributed by atoms with E-state index in [0.29, 0.717) is 11.7 Å². The molecule has 0 aliphatic rings. The van der Waals surface area contributed by atoms with Crippen molar-refractivity contribution in [2.75, 3.05) is 0 Å². The van der Waals surface area contributed by atoms with Crippen LogP contribution in [0.1, 0.15) is 33.4 Å². The Kier molecular flexibility index (Phi) is 3.88. The van der Waals surface area contributed by atoms with E-state index in [-0.39, 0.29) is 5.97 Å². The summed E-state index contributed by atoms with van der Waals surface area (Å²) in [7, 11) is 0. The zero-order valence-electron chi connectivity index (χ0n) is 11.9. The summed E-state index contributed by atoms with van der Waals surface area (Å²) in [5.41, 5.74) is 2.14. The van der Waals surface area contributed by atoms with Gasteiger partial charge in [0.05, 0.1) is 5.52 Å². The van der Waals surface area contributed by atoms with E-state index in [1.165, 1.54) is 12.6 Å². The number of benzene rings is 1. The summed E-state index contributed by atoms with van der Waals surface area (Å²) in [6.07, 6.45) is 0.909. The predicted octanol–water partition coefficient (Wildman–Crippen LogP) is 3.18. The Hall–Kier alpha value is -1.84. The zero-order valence-corrected chi connectivity index (χ0v) is 11.9. The number of aromatic nitrogens is 2. The van der Waals surface area contributed by atoms with Crippen molar-refractivity contribution in [2.45, 2.75) is 40.7 Å². The molecule has 0 radical (unpaired) electrons. The number of hydrogen-bond acceptors (Lipinski definition) is 3. The first-order valence-corrected chi connectivity index (χ1v) is 6.69. The average Bonchev–Trinajstić information content (AvgIpc) is 2.63. The van der Waals surface area contributed by atoms with Crippen LogP contribution in [0.4, 0.5) is 0 Å². The van der Waals surface area contributed by atoms with Gasteiger partial charge in [-0.25, -0.2) is 0 Å². The Balaban J connectivity index is 2.48. The first-order valence-electron chi connectivity index (χ1n) is 6.69. The molecule has 4 heteroatoms. The summed E-state index contributed by atoms with van der Waals surface area (Å²) in [4.78, 5) is 11.0. The molecule has 0 atom stereocenters. The molecule has 0 aliphatic carbocycles. The van der Waals surface area contributed by atoms with Crippen molar-refractivity contribution >= 4 is 16.9 Å². The third-order valence-electron chi connectivity index (χ3n) is 2.95. The van der Waals surface area contributed by atoms with Crippen LogP contribution in [0.25, 0.3) is 10.9 Å². The number of hydrogen-bond donors (Lipinski definition) is 0. The van der Waals surface area contributed by atoms with Crippen LogP contribution >= 0.6 is 0 Å². The van der Waals surface area contributed by atoms with Crippen LogP contribution in [0.15, 0.2) is 18.2 Å². The third-order valence-corrected chi connectivity index (χ3v) is 2.95. The highest BCUT2D eigenvalue weighted by Gasteiger charge is 2.12. The second-order valence-electron chi connectivity index (χ2n) is 5.15. The van der Waals surface area contributed by atoms with Gasteiger partial charge in [0.1, 0.15) is 5.75 Å². The summed E-state index contributed by atoms with van der Waals surface area (Å²) in [6.45, 7) is 8.78. The molecule has 0 saturated heterocycles. The molecule has 0 saturated carbocycles. The van der Waals surface area contributed by atoms with Gasteiger partial charge >= 0.3 is 5.97 Å². The smallest absolute Gasteiger partial charge is 0.308 e. The van der Waals surface area contributed by atoms with Crippen LogP contribution in [0, 0.1) is 5.92 Å². The second kappa shape index (κ2) is 5.43. The number of carbonyl (C=O) groups is 1. The highest BCUT2D eigenvalue weighted by molar-refractivity contribution is 5.84. The molecule has 1 aromatic heterocycles. The lowest BCUT2D eigenvalue weighted by Gasteiger charge is -2.08. The molecule has 0 unspecified atom stereocenters. The topological polar surface area (TPSA) is 44.1 Å². The Morgan fingerprint density at radius 1 is 1.42 bits per heavy atom. The van der Waals surface area contributed by atoms with Crippen molar-refractivity contribution in [3.8, 4) is 5.75 Å². The first-order chi connectivity index (χ1) is 9.01. The van der Waals surface area contributed by atoms with Gasteiger partial charge in [-0.05, 0) is 30.5 Å². The van der Waals surface area contributed by atoms with E-state index in [1.807, 2.05) is 12.1 Å². The third kappa shape index (κ3) is 2.95. The summed E-state index contributed by atoms with van der Waals surface area (Å²) in [6, 6.07) is 5.60. The van der Waals surface area contributed by atoms with Gasteiger partial charge in [0.15, 0.2) is 0 Å². The van der Waals surface area contributed by atoms with Crippen LogP contribution < -0.4 is 4.74 Å². The molecule has 0 amide bonds. The molecule has 0 fully saturated rings. The van der Waals surface area contributed by atoms with E-state index in [9.17, 15) is 4.79 Å². The molecule has 19 heavy (non-hydrogen) atoms. The van der Waals surface area contributed by atoms with Crippen molar-refractivity contribution in [1.82, 2.24) is 9.78 Å². The lowest BCUT2D eigenvalue weighted by atomic mass is 10.1. The summed E-state index contributed by atoms with van der Waals surface area (Å²) >= 11 is 0. The second-order valence-corrected chi connectivity index (χ2v) is 5.15. The minimum atomic E-state index is -0.299. The summed E-state index contributed by atoms with van der Waals surface area (Å²) in [5.74, 6) is 0.832. The lowest BCUT2D eigenvalue weighted by molar-refractivity contribution is -0.131. The molecule has 1 aromatic carbocycles. The molecule has 0 spiro atoms. The van der Waals surface area contributed by atoms with Gasteiger partial charge in [-0.3, -0.25) is 9.48 Å². The summed E-state index contributed by atoms with van der Waals surface area (Å²) < 4.78 is 7.20. The van der Waals surface area contributed by atoms with Gasteiger partial charge in [-0.15, -0.1) is 0 Å². The number of nitrogens with zero attached hydrogens (tertiary/aromatic N) is 2. The highest BCUT2D eigenvalue weighted by atomic mass is 16.5. The van der Waals surface area contributed by atoms with Crippen molar-refractivity contribution < 1.29 is 9.53 Å². The van der Waals surface area contributed by atoms with Gasteiger partial charge in [0.25, 0.3) is 0 Å². The quantitative estimate of drug-likeness (QED) is 0.626. The Morgan fingerprint density at radius 3 is 2.74 bits per heavy atom. The first kappa shape index (κ1) is 13.6. The van der Waals surface area contributed by atoms with Crippen molar-refractivity contribution in [3.05, 3.63) is 23.9 Å². The number of aryl methyl sites for hydroxylation is 1. The standard InChI is InChI=1S/C15H20N2O2/c1-5-15-13-8-12(19-11(4)18)6-7-14(13)16-17(15)9-10(2)3/h6-8,10H,5,9H2,1-4H3. The van der Waals surface area contributed by atoms with E-state index >= 15 is 0 Å². The molecule has 0 aliphatic heterocycles. The van der Waals surface area contributed by atoms with E-state index in [0.717, 1.165) is 23.9 Å². The molecule has 102 valence electrons. The minimum Gasteiger partial charge on any atom is -0.427 e. The number of rotatable bonds is 4. The van der Waals surface area contributed by atoms with E-state index in [2.05, 4.69) is 30.6 Å². The fraction of sp³-hybridized carbons (Fsp3) is 0.467. The van der Waals surface area contributed by atoms with Crippen LogP contribution in [0.3, 0.4) is 0 Å². The maximum Gasteiger partial charge on any atom is 0.308 e. The van der Waals surface area contributed by atoms with Crippen molar-refractivity contribution in [2.24, 2.45) is 5.92 Å². The predicted molar refractivity (Wildman–Crippen MR) is 75.3 cm³/mol. The van der Waals surface area contributed by atoms with Crippen LogP contribution in [0.2, 0.25) is 0 Å². The van der Waals surface area contributed by atoms with Gasteiger partial charge < -0.3 is 4.74 Å². The fourth-order valence-corrected chi connectivity index (χ4v) is 2.26. The van der Waals surface area contributed by atoms with Crippen LogP contribution in [-0.2, 0) is 17.8 Å². The molecule has 0 N–H and O–H groups in total. The van der Waals surface area contributed by atoms with Crippen LogP contribution in [-0.4, -0.2) is 15.7 Å². The molecule has 0 bridgehead atoms. The minimum absolute atomic E-state index is 0.299. The van der Waals surface area contributed by atoms with Gasteiger partial charge in [0.2, 0.25) is 0 Å². The van der Waals surface area contributed by atoms with Crippen molar-refractivity contribution in [3.63, 3.8) is 0 Å². The van der Waals surface area contributed by atoms with E-state index < -0.39 is 0 Å². The molecular weight excluding hydrogens is 240 g/mol. The lowest BCUT2D eigenvalue weighted by Crippen LogP contribution is -2.09. The summed E-state index contributed by atoms with van der Waals surface area (Å²) in [5, 5.41) is 5.69. The highest BCUT2D eigenvalue weighted by Crippen LogP contribution is 2.25. The molecule has 2 aromatic rings. The maximum atomic E-state index is 11.0. The van der Waals surface area contributed by atoms with Gasteiger partial charge in [-0.1, -0.05) is 20.8 Å². The molecule has 2 rings (SSSR count). The molecule has 4 nitrogen and oxygen atoms in total. The number of fused-ring (bicyclic) bond motifs is 1. The zero-order chi connectivity index (χ0) is 14.0. The van der Waals surface area contributed by atoms with Gasteiger partial charge in [-0.2, -0.15) is 5.10 Å². The molecule has 1 heterocycles. The Bertz CT molecular complexity index is 599. The Labute approximate surface area is 113 Å². The Morgan fingerprint density at radius 2 is 2.16 bits per heavy atom. The molecular formula is C15H20N2O2. The largest absolute Gasteiger partial charge is 0.427 e. The normalized spacial score (nSPS) is 11.2. The van der Waals surface area contributed by atoms with E-state index in [4.69, 9.17) is 4.74 Å². The van der Waals surface area contributed by atoms with Crippen LogP contribution in [0.5, 0.6) is 5.75 Å². The van der Waals surface area contributed by atoms with E-state index in [1.54, 1.807) is 6.07 Å². The fourth-order valence-electron chi connectivity index (χ4n) is 2.26. The number of ether oxygens (including phenoxy) is 1. The SMILES string of the molecule is CCc1c2cc(OC(C)=O)ccc2nn1CC(C)C.